The Bertz CT molecular complexity index is 600. The van der Waals surface area contributed by atoms with Crippen LogP contribution in [0.2, 0.25) is 0 Å². The Morgan fingerprint density at radius 2 is 2.04 bits per heavy atom. The van der Waals surface area contributed by atoms with Crippen LogP contribution in [0.15, 0.2) is 17.2 Å². The monoisotopic (exact) mass is 336 g/mol. The number of amides is 1. The molecule has 3 heterocycles. The van der Waals surface area contributed by atoms with E-state index in [9.17, 15) is 9.59 Å². The summed E-state index contributed by atoms with van der Waals surface area (Å²) in [6, 6.07) is 1.52. The molecule has 3 rings (SSSR count). The largest absolute Gasteiger partial charge is 0.380 e. The van der Waals surface area contributed by atoms with Crippen molar-refractivity contribution in [1.82, 2.24) is 19.8 Å². The average molecular weight is 336 g/mol. The average Bonchev–Trinajstić information content (AvgIpc) is 2.80. The molecule has 0 radical (unpaired) electrons. The van der Waals surface area contributed by atoms with E-state index in [-0.39, 0.29) is 17.4 Å². The van der Waals surface area contributed by atoms with E-state index >= 15 is 0 Å². The van der Waals surface area contributed by atoms with Crippen LogP contribution >= 0.6 is 0 Å². The number of ether oxygens (including phenoxy) is 2. The summed E-state index contributed by atoms with van der Waals surface area (Å²) in [6.45, 7) is 5.74. The number of carbonyl (C=O) groups excluding carboxylic acids is 1. The number of nitrogens with zero attached hydrogens (tertiary/aromatic N) is 3. The number of rotatable bonds is 4. The van der Waals surface area contributed by atoms with E-state index in [2.05, 4.69) is 14.9 Å². The van der Waals surface area contributed by atoms with Crippen molar-refractivity contribution in [2.24, 2.45) is 5.92 Å². The normalized spacial score (nSPS) is 23.0. The third kappa shape index (κ3) is 4.86. The standard InChI is InChI=1S/C16H24N4O4/c21-15-8-14(17-12-18-15)7-13-9-19(1-4-24-11-13)10-16(22)20-2-5-23-6-3-20/h8,12-13H,1-7,9-11H2,(H,17,18,21). The first-order valence-corrected chi connectivity index (χ1v) is 8.40. The zero-order chi connectivity index (χ0) is 16.8. The lowest BCUT2D eigenvalue weighted by Gasteiger charge is -2.30. The van der Waals surface area contributed by atoms with Gasteiger partial charge in [-0.05, 0) is 6.42 Å². The first-order valence-electron chi connectivity index (χ1n) is 8.40. The molecule has 0 saturated carbocycles. The summed E-state index contributed by atoms with van der Waals surface area (Å²) in [5, 5.41) is 0. The van der Waals surface area contributed by atoms with Crippen molar-refractivity contribution in [3.63, 3.8) is 0 Å². The maximum absolute atomic E-state index is 12.4. The molecule has 2 saturated heterocycles. The van der Waals surface area contributed by atoms with E-state index in [4.69, 9.17) is 9.47 Å². The first-order chi connectivity index (χ1) is 11.7. The van der Waals surface area contributed by atoms with Crippen molar-refractivity contribution >= 4 is 5.91 Å². The van der Waals surface area contributed by atoms with Crippen LogP contribution < -0.4 is 5.56 Å². The second-order valence-electron chi connectivity index (χ2n) is 6.28. The molecule has 1 aromatic rings. The fourth-order valence-electron chi connectivity index (χ4n) is 3.14. The van der Waals surface area contributed by atoms with E-state index in [1.165, 1.54) is 12.4 Å². The number of nitrogens with one attached hydrogen (secondary N) is 1. The first kappa shape index (κ1) is 17.1. The topological polar surface area (TPSA) is 87.8 Å². The van der Waals surface area contributed by atoms with Gasteiger partial charge in [0.05, 0.1) is 39.3 Å². The van der Waals surface area contributed by atoms with E-state index < -0.39 is 0 Å². The smallest absolute Gasteiger partial charge is 0.250 e. The molecule has 2 aliphatic rings. The van der Waals surface area contributed by atoms with E-state index in [0.717, 1.165) is 18.8 Å². The van der Waals surface area contributed by atoms with Crippen LogP contribution in [0.3, 0.4) is 0 Å². The summed E-state index contributed by atoms with van der Waals surface area (Å²) in [4.78, 5) is 34.5. The maximum atomic E-state index is 12.4. The highest BCUT2D eigenvalue weighted by molar-refractivity contribution is 5.78. The molecule has 8 heteroatoms. The quantitative estimate of drug-likeness (QED) is 0.768. The van der Waals surface area contributed by atoms with Crippen LogP contribution in [0.1, 0.15) is 5.69 Å². The minimum absolute atomic E-state index is 0.145. The molecule has 2 aliphatic heterocycles. The van der Waals surface area contributed by atoms with Gasteiger partial charge in [0.15, 0.2) is 0 Å². The van der Waals surface area contributed by atoms with Gasteiger partial charge in [-0.2, -0.15) is 0 Å². The number of H-pyrrole nitrogens is 1. The molecular weight excluding hydrogens is 312 g/mol. The second-order valence-corrected chi connectivity index (χ2v) is 6.28. The van der Waals surface area contributed by atoms with Gasteiger partial charge in [-0.3, -0.25) is 14.5 Å². The summed E-state index contributed by atoms with van der Waals surface area (Å²) in [5.41, 5.74) is 0.614. The molecule has 1 amide bonds. The van der Waals surface area contributed by atoms with Crippen molar-refractivity contribution in [1.29, 1.82) is 0 Å². The van der Waals surface area contributed by atoms with Gasteiger partial charge >= 0.3 is 0 Å². The van der Waals surface area contributed by atoms with Gasteiger partial charge in [0.1, 0.15) is 0 Å². The molecule has 0 bridgehead atoms. The fourth-order valence-corrected chi connectivity index (χ4v) is 3.14. The van der Waals surface area contributed by atoms with Crippen LogP contribution in [0.5, 0.6) is 0 Å². The van der Waals surface area contributed by atoms with Crippen LogP contribution in [-0.2, 0) is 20.7 Å². The van der Waals surface area contributed by atoms with Gasteiger partial charge in [-0.1, -0.05) is 0 Å². The zero-order valence-electron chi connectivity index (χ0n) is 13.8. The van der Waals surface area contributed by atoms with E-state index in [0.29, 0.717) is 52.5 Å². The lowest BCUT2D eigenvalue weighted by molar-refractivity contribution is -0.136. The zero-order valence-corrected chi connectivity index (χ0v) is 13.8. The highest BCUT2D eigenvalue weighted by atomic mass is 16.5. The summed E-state index contributed by atoms with van der Waals surface area (Å²) in [5.74, 6) is 0.368. The van der Waals surface area contributed by atoms with Crippen molar-refractivity contribution in [2.45, 2.75) is 6.42 Å². The second kappa shape index (κ2) is 8.36. The summed E-state index contributed by atoms with van der Waals surface area (Å²) < 4.78 is 11.0. The molecule has 24 heavy (non-hydrogen) atoms. The van der Waals surface area contributed by atoms with E-state index in [1.807, 2.05) is 4.90 Å². The number of morpholine rings is 1. The molecule has 2 fully saturated rings. The Balaban J connectivity index is 1.55. The Morgan fingerprint density at radius 3 is 2.83 bits per heavy atom. The minimum atomic E-state index is -0.145. The molecule has 0 aliphatic carbocycles. The number of carbonyl (C=O) groups is 1. The lowest BCUT2D eigenvalue weighted by atomic mass is 10.0. The van der Waals surface area contributed by atoms with E-state index in [1.54, 1.807) is 0 Å². The van der Waals surface area contributed by atoms with Gasteiger partial charge in [-0.15, -0.1) is 0 Å². The predicted molar refractivity (Wildman–Crippen MR) is 86.7 cm³/mol. The van der Waals surface area contributed by atoms with Gasteiger partial charge in [-0.25, -0.2) is 4.98 Å². The Morgan fingerprint density at radius 1 is 1.25 bits per heavy atom. The molecule has 1 N–H and O–H groups in total. The number of aromatic nitrogens is 2. The van der Waals surface area contributed by atoms with Crippen LogP contribution in [0.4, 0.5) is 0 Å². The molecule has 1 aromatic heterocycles. The molecule has 1 unspecified atom stereocenters. The number of aromatic amines is 1. The van der Waals surface area contributed by atoms with Crippen LogP contribution in [0.25, 0.3) is 0 Å². The minimum Gasteiger partial charge on any atom is -0.380 e. The molecule has 8 nitrogen and oxygen atoms in total. The van der Waals surface area contributed by atoms with Crippen molar-refractivity contribution in [3.05, 3.63) is 28.4 Å². The van der Waals surface area contributed by atoms with Gasteiger partial charge in [0.2, 0.25) is 5.91 Å². The summed E-state index contributed by atoms with van der Waals surface area (Å²) in [7, 11) is 0. The third-order valence-corrected chi connectivity index (χ3v) is 4.38. The lowest BCUT2D eigenvalue weighted by Crippen LogP contribution is -2.46. The molecule has 132 valence electrons. The highest BCUT2D eigenvalue weighted by Gasteiger charge is 2.24. The highest BCUT2D eigenvalue weighted by Crippen LogP contribution is 2.12. The molecule has 0 aromatic carbocycles. The fraction of sp³-hybridized carbons (Fsp3) is 0.688. The molecule has 1 atom stereocenters. The van der Waals surface area contributed by atoms with Gasteiger partial charge in [0.25, 0.3) is 5.56 Å². The molecule has 0 spiro atoms. The molecular formula is C16H24N4O4. The SMILES string of the molecule is O=C(CN1CCOCC(Cc2cc(=O)[nH]cn2)C1)N1CCOCC1. The number of hydrogen-bond acceptors (Lipinski definition) is 6. The Labute approximate surface area is 140 Å². The van der Waals surface area contributed by atoms with Crippen molar-refractivity contribution in [2.75, 3.05) is 59.2 Å². The predicted octanol–water partition coefficient (Wildman–Crippen LogP) is -0.880. The Kier molecular flexibility index (Phi) is 5.95. The Hall–Kier alpha value is -1.77. The summed E-state index contributed by atoms with van der Waals surface area (Å²) >= 11 is 0. The van der Waals surface area contributed by atoms with Crippen LogP contribution in [0, 0.1) is 5.92 Å². The van der Waals surface area contributed by atoms with Gasteiger partial charge in [0, 0.05) is 43.9 Å². The van der Waals surface area contributed by atoms with Crippen molar-refractivity contribution < 1.29 is 14.3 Å². The van der Waals surface area contributed by atoms with Crippen molar-refractivity contribution in [3.8, 4) is 0 Å². The van der Waals surface area contributed by atoms with Crippen LogP contribution in [-0.4, -0.2) is 84.8 Å². The summed E-state index contributed by atoms with van der Waals surface area (Å²) in [6.07, 6.45) is 2.10. The van der Waals surface area contributed by atoms with Gasteiger partial charge < -0.3 is 19.4 Å². The third-order valence-electron chi connectivity index (χ3n) is 4.38. The number of hydrogen-bond donors (Lipinski definition) is 1. The maximum Gasteiger partial charge on any atom is 0.250 e.